The van der Waals surface area contributed by atoms with E-state index in [0.29, 0.717) is 38.4 Å². The smallest absolute Gasteiger partial charge is 0.320 e. The van der Waals surface area contributed by atoms with Gasteiger partial charge in [-0.05, 0) is 39.0 Å². The Kier molecular flexibility index (Phi) is 4.55. The summed E-state index contributed by atoms with van der Waals surface area (Å²) < 4.78 is 0. The van der Waals surface area contributed by atoms with Crippen molar-refractivity contribution in [3.8, 4) is 0 Å². The number of piperidine rings is 1. The van der Waals surface area contributed by atoms with Gasteiger partial charge in [0.25, 0.3) is 0 Å². The quantitative estimate of drug-likeness (QED) is 0.843. The summed E-state index contributed by atoms with van der Waals surface area (Å²) in [4.78, 5) is 27.8. The first-order valence-electron chi connectivity index (χ1n) is 7.83. The Hall–Kier alpha value is -1.26. The molecule has 0 bridgehead atoms. The maximum Gasteiger partial charge on any atom is 0.320 e. The minimum absolute atomic E-state index is 0.102. The highest BCUT2D eigenvalue weighted by Crippen LogP contribution is 2.37. The molecule has 5 heteroatoms. The van der Waals surface area contributed by atoms with Crippen LogP contribution in [0.3, 0.4) is 0 Å². The summed E-state index contributed by atoms with van der Waals surface area (Å²) in [7, 11) is 0. The van der Waals surface area contributed by atoms with Crippen LogP contribution in [0.5, 0.6) is 0 Å². The van der Waals surface area contributed by atoms with E-state index in [2.05, 4.69) is 0 Å². The lowest BCUT2D eigenvalue weighted by Crippen LogP contribution is -2.51. The number of hydrogen-bond acceptors (Lipinski definition) is 2. The summed E-state index contributed by atoms with van der Waals surface area (Å²) in [5.74, 6) is -0.694. The number of urea groups is 1. The first kappa shape index (κ1) is 15.1. The molecule has 0 aromatic heterocycles. The third kappa shape index (κ3) is 2.91. The molecule has 2 amide bonds. The summed E-state index contributed by atoms with van der Waals surface area (Å²) >= 11 is 0. The van der Waals surface area contributed by atoms with Crippen LogP contribution < -0.4 is 0 Å². The van der Waals surface area contributed by atoms with Gasteiger partial charge in [-0.25, -0.2) is 4.79 Å². The zero-order valence-electron chi connectivity index (χ0n) is 12.6. The highest BCUT2D eigenvalue weighted by atomic mass is 16.4. The third-order valence-electron chi connectivity index (χ3n) is 4.75. The number of carboxylic acid groups (broad SMARTS) is 1. The molecular formula is C15H26N2O3. The van der Waals surface area contributed by atoms with Gasteiger partial charge >= 0.3 is 12.0 Å². The van der Waals surface area contributed by atoms with E-state index in [1.807, 2.05) is 23.6 Å². The van der Waals surface area contributed by atoms with E-state index >= 15 is 0 Å². The van der Waals surface area contributed by atoms with Gasteiger partial charge in [-0.1, -0.05) is 13.3 Å². The van der Waals surface area contributed by atoms with Crippen LogP contribution in [0.2, 0.25) is 0 Å². The number of aliphatic carboxylic acids is 1. The number of carbonyl (C=O) groups excluding carboxylic acids is 1. The van der Waals surface area contributed by atoms with Crippen molar-refractivity contribution in [2.24, 2.45) is 5.41 Å². The van der Waals surface area contributed by atoms with Crippen LogP contribution in [-0.4, -0.2) is 52.6 Å². The van der Waals surface area contributed by atoms with Gasteiger partial charge in [-0.15, -0.1) is 0 Å². The molecule has 1 saturated carbocycles. The van der Waals surface area contributed by atoms with Crippen LogP contribution in [0.1, 0.15) is 52.4 Å². The highest BCUT2D eigenvalue weighted by molar-refractivity contribution is 5.77. The third-order valence-corrected chi connectivity index (χ3v) is 4.75. The van der Waals surface area contributed by atoms with E-state index < -0.39 is 11.4 Å². The van der Waals surface area contributed by atoms with Crippen LogP contribution in [0.25, 0.3) is 0 Å². The Morgan fingerprint density at radius 3 is 2.25 bits per heavy atom. The first-order chi connectivity index (χ1) is 9.54. The predicted octanol–water partition coefficient (Wildman–Crippen LogP) is 2.56. The van der Waals surface area contributed by atoms with E-state index in [9.17, 15) is 14.7 Å². The normalized spacial score (nSPS) is 21.6. The number of amides is 2. The lowest BCUT2D eigenvalue weighted by molar-refractivity contribution is -0.152. The molecule has 114 valence electrons. The van der Waals surface area contributed by atoms with E-state index in [1.54, 1.807) is 0 Å². The average Bonchev–Trinajstić information content (AvgIpc) is 3.25. The van der Waals surface area contributed by atoms with Crippen molar-refractivity contribution in [3.05, 3.63) is 0 Å². The fourth-order valence-electron chi connectivity index (χ4n) is 3.29. The molecule has 0 radical (unpaired) electrons. The number of hydrogen-bond donors (Lipinski definition) is 1. The SMILES string of the molecule is CCCC1(C(=O)O)CCN(C(=O)N(CC)C2CC2)CC1. The largest absolute Gasteiger partial charge is 0.481 e. The molecule has 1 aliphatic heterocycles. The molecule has 1 saturated heterocycles. The standard InChI is InChI=1S/C15H26N2O3/c1-3-7-15(13(18)19)8-10-16(11-9-15)14(20)17(4-2)12-5-6-12/h12H,3-11H2,1-2H3,(H,18,19). The van der Waals surface area contributed by atoms with Crippen LogP contribution in [0.15, 0.2) is 0 Å². The van der Waals surface area contributed by atoms with Crippen LogP contribution >= 0.6 is 0 Å². The molecule has 0 aromatic rings. The van der Waals surface area contributed by atoms with E-state index in [4.69, 9.17) is 0 Å². The molecule has 2 fully saturated rings. The number of likely N-dealkylation sites (tertiary alicyclic amines) is 1. The van der Waals surface area contributed by atoms with Gasteiger partial charge in [0.2, 0.25) is 0 Å². The summed E-state index contributed by atoms with van der Waals surface area (Å²) in [6, 6.07) is 0.528. The molecule has 1 heterocycles. The number of rotatable bonds is 5. The van der Waals surface area contributed by atoms with Crippen LogP contribution in [0.4, 0.5) is 4.79 Å². The Bertz CT molecular complexity index is 371. The van der Waals surface area contributed by atoms with Crippen molar-refractivity contribution in [2.45, 2.75) is 58.4 Å². The maximum absolute atomic E-state index is 12.5. The van der Waals surface area contributed by atoms with Crippen LogP contribution in [0, 0.1) is 5.41 Å². The van der Waals surface area contributed by atoms with Gasteiger partial charge in [-0.2, -0.15) is 0 Å². The van der Waals surface area contributed by atoms with E-state index in [-0.39, 0.29) is 6.03 Å². The van der Waals surface area contributed by atoms with Crippen molar-refractivity contribution in [1.29, 1.82) is 0 Å². The maximum atomic E-state index is 12.5. The Morgan fingerprint density at radius 1 is 1.25 bits per heavy atom. The minimum Gasteiger partial charge on any atom is -0.481 e. The zero-order chi connectivity index (χ0) is 14.8. The van der Waals surface area contributed by atoms with E-state index in [1.165, 1.54) is 0 Å². The zero-order valence-corrected chi connectivity index (χ0v) is 12.6. The number of carboxylic acids is 1. The van der Waals surface area contributed by atoms with Crippen LogP contribution in [-0.2, 0) is 4.79 Å². The highest BCUT2D eigenvalue weighted by Gasteiger charge is 2.43. The van der Waals surface area contributed by atoms with Gasteiger partial charge in [0.15, 0.2) is 0 Å². The summed E-state index contributed by atoms with van der Waals surface area (Å²) in [6.45, 7) is 5.94. The lowest BCUT2D eigenvalue weighted by atomic mass is 9.75. The first-order valence-corrected chi connectivity index (χ1v) is 7.83. The fourth-order valence-corrected chi connectivity index (χ4v) is 3.29. The predicted molar refractivity (Wildman–Crippen MR) is 76.6 cm³/mol. The second kappa shape index (κ2) is 6.02. The Labute approximate surface area is 120 Å². The van der Waals surface area contributed by atoms with Crippen molar-refractivity contribution >= 4 is 12.0 Å². The molecule has 0 unspecified atom stereocenters. The van der Waals surface area contributed by atoms with Gasteiger partial charge in [0, 0.05) is 25.7 Å². The molecule has 1 N–H and O–H groups in total. The Morgan fingerprint density at radius 2 is 1.85 bits per heavy atom. The molecular weight excluding hydrogens is 256 g/mol. The van der Waals surface area contributed by atoms with Gasteiger partial charge < -0.3 is 14.9 Å². The topological polar surface area (TPSA) is 60.9 Å². The molecule has 0 aromatic carbocycles. The molecule has 20 heavy (non-hydrogen) atoms. The summed E-state index contributed by atoms with van der Waals surface area (Å²) in [6.07, 6.45) is 4.99. The lowest BCUT2D eigenvalue weighted by Gasteiger charge is -2.40. The molecule has 0 atom stereocenters. The molecule has 2 rings (SSSR count). The molecule has 1 aliphatic carbocycles. The fraction of sp³-hybridized carbons (Fsp3) is 0.867. The monoisotopic (exact) mass is 282 g/mol. The van der Waals surface area contributed by atoms with Crippen molar-refractivity contribution in [2.75, 3.05) is 19.6 Å². The van der Waals surface area contributed by atoms with Crippen molar-refractivity contribution in [1.82, 2.24) is 9.80 Å². The van der Waals surface area contributed by atoms with Gasteiger partial charge in [0.05, 0.1) is 5.41 Å². The van der Waals surface area contributed by atoms with Gasteiger partial charge in [-0.3, -0.25) is 4.79 Å². The Balaban J connectivity index is 1.95. The number of carbonyl (C=O) groups is 2. The average molecular weight is 282 g/mol. The minimum atomic E-state index is -0.694. The summed E-state index contributed by atoms with van der Waals surface area (Å²) in [5.41, 5.74) is -0.609. The molecule has 5 nitrogen and oxygen atoms in total. The number of nitrogens with zero attached hydrogens (tertiary/aromatic N) is 2. The summed E-state index contributed by atoms with van der Waals surface area (Å²) in [5, 5.41) is 9.48. The molecule has 0 spiro atoms. The second-order valence-corrected chi connectivity index (χ2v) is 6.12. The second-order valence-electron chi connectivity index (χ2n) is 6.12. The molecule has 2 aliphatic rings. The van der Waals surface area contributed by atoms with E-state index in [0.717, 1.165) is 25.8 Å². The van der Waals surface area contributed by atoms with Gasteiger partial charge in [0.1, 0.15) is 0 Å². The van der Waals surface area contributed by atoms with Crippen molar-refractivity contribution < 1.29 is 14.7 Å². The van der Waals surface area contributed by atoms with Crippen molar-refractivity contribution in [3.63, 3.8) is 0 Å².